The molecule has 0 aromatic heterocycles. The SMILES string of the molecule is CC/C=C\C/C=C\C/C=C\C/C=C\CCCCC(=O)O[C@H](COC(=O)CCCCC/C=C\C/C=C\C/C=C\C/C=C\CCCCC)COP(=O)(O)OC[C@@H](O)CO. The Bertz CT molecular complexity index is 1260. The average molecular weight is 819 g/mol. The largest absolute Gasteiger partial charge is 0.472 e. The van der Waals surface area contributed by atoms with Crippen LogP contribution in [-0.4, -0.2) is 65.7 Å². The van der Waals surface area contributed by atoms with Crippen LogP contribution in [0.5, 0.6) is 0 Å². The average Bonchev–Trinajstić information content (AvgIpc) is 3.20. The van der Waals surface area contributed by atoms with E-state index in [0.717, 1.165) is 77.0 Å². The first-order chi connectivity index (χ1) is 27.7. The molecule has 0 rings (SSSR count). The zero-order chi connectivity index (χ0) is 41.9. The second-order valence-corrected chi connectivity index (χ2v) is 15.1. The first kappa shape index (κ1) is 53.9. The van der Waals surface area contributed by atoms with Gasteiger partial charge in [0.05, 0.1) is 19.8 Å². The van der Waals surface area contributed by atoms with E-state index in [1.54, 1.807) is 0 Å². The summed E-state index contributed by atoms with van der Waals surface area (Å²) in [5.41, 5.74) is 0. The summed E-state index contributed by atoms with van der Waals surface area (Å²) in [6, 6.07) is 0. The van der Waals surface area contributed by atoms with Crippen molar-refractivity contribution in [3.63, 3.8) is 0 Å². The summed E-state index contributed by atoms with van der Waals surface area (Å²) < 4.78 is 32.6. The molecule has 0 spiro atoms. The fraction of sp³-hybridized carbons (Fsp3) is 0.609. The highest BCUT2D eigenvalue weighted by molar-refractivity contribution is 7.47. The number of phosphoric ester groups is 1. The molecule has 0 fully saturated rings. The van der Waals surface area contributed by atoms with Crippen molar-refractivity contribution in [3.8, 4) is 0 Å². The van der Waals surface area contributed by atoms with Crippen LogP contribution in [0, 0.1) is 0 Å². The Morgan fingerprint density at radius 2 is 0.965 bits per heavy atom. The number of rotatable bonds is 38. The van der Waals surface area contributed by atoms with Gasteiger partial charge in [0.1, 0.15) is 12.7 Å². The second-order valence-electron chi connectivity index (χ2n) is 13.6. The van der Waals surface area contributed by atoms with Gasteiger partial charge in [-0.25, -0.2) is 4.57 Å². The lowest BCUT2D eigenvalue weighted by atomic mass is 10.1. The maximum atomic E-state index is 12.6. The molecule has 1 unspecified atom stereocenters. The minimum Gasteiger partial charge on any atom is -0.462 e. The van der Waals surface area contributed by atoms with E-state index in [2.05, 4.69) is 116 Å². The molecule has 57 heavy (non-hydrogen) atoms. The number of ether oxygens (including phenoxy) is 2. The summed E-state index contributed by atoms with van der Waals surface area (Å²) in [7, 11) is -4.64. The van der Waals surface area contributed by atoms with Gasteiger partial charge in [0.25, 0.3) is 0 Å². The number of allylic oxidation sites excluding steroid dienone is 16. The highest BCUT2D eigenvalue weighted by Gasteiger charge is 2.27. The smallest absolute Gasteiger partial charge is 0.462 e. The van der Waals surface area contributed by atoms with E-state index < -0.39 is 51.8 Å². The molecule has 0 aliphatic heterocycles. The Balaban J connectivity index is 4.46. The van der Waals surface area contributed by atoms with Crippen molar-refractivity contribution in [1.82, 2.24) is 0 Å². The zero-order valence-electron chi connectivity index (χ0n) is 35.0. The Hall–Kier alpha value is -3.11. The normalized spacial score (nSPS) is 14.8. The Kier molecular flexibility index (Phi) is 38.8. The molecule has 0 aliphatic rings. The molecule has 0 aliphatic carbocycles. The van der Waals surface area contributed by atoms with Gasteiger partial charge in [-0.3, -0.25) is 18.6 Å². The van der Waals surface area contributed by atoms with Crippen molar-refractivity contribution in [2.75, 3.05) is 26.4 Å². The Labute approximate surface area is 344 Å². The first-order valence-electron chi connectivity index (χ1n) is 21.2. The number of aliphatic hydroxyl groups excluding tert-OH is 2. The minimum absolute atomic E-state index is 0.118. The van der Waals surface area contributed by atoms with Gasteiger partial charge in [0, 0.05) is 12.8 Å². The quantitative estimate of drug-likeness (QED) is 0.0238. The summed E-state index contributed by atoms with van der Waals surface area (Å²) in [5, 5.41) is 18.3. The van der Waals surface area contributed by atoms with E-state index in [4.69, 9.17) is 19.1 Å². The highest BCUT2D eigenvalue weighted by Crippen LogP contribution is 2.43. The van der Waals surface area contributed by atoms with Gasteiger partial charge in [-0.1, -0.05) is 130 Å². The third-order valence-corrected chi connectivity index (χ3v) is 9.17. The summed E-state index contributed by atoms with van der Waals surface area (Å²) in [6.45, 7) is 2.12. The fourth-order valence-corrected chi connectivity index (χ4v) is 5.75. The lowest BCUT2D eigenvalue weighted by Crippen LogP contribution is -2.29. The molecule has 0 radical (unpaired) electrons. The molecule has 0 aromatic rings. The molecular weight excluding hydrogens is 743 g/mol. The number of esters is 2. The van der Waals surface area contributed by atoms with Gasteiger partial charge in [-0.15, -0.1) is 0 Å². The van der Waals surface area contributed by atoms with Gasteiger partial charge < -0.3 is 24.6 Å². The van der Waals surface area contributed by atoms with Crippen molar-refractivity contribution < 1.29 is 47.8 Å². The standard InChI is InChI=1S/C46H75O10P/c1-3-5-7-9-11-13-15-17-19-20-21-22-24-25-27-29-31-33-35-37-45(49)53-41-44(42-55-57(51,52)54-40-43(48)39-47)56-46(50)38-36-34-32-30-28-26-23-18-16-14-12-10-8-6-4-2/h6,8,11-14,17-19,21-23,25,27-28,30,43-44,47-48H,3-5,7,9-10,15-16,20,24,26,29,31-42H2,1-2H3,(H,51,52)/b8-6-,13-11-,14-12-,19-17-,22-21-,23-18-,27-25-,30-28-/t43-,44+/m0/s1. The van der Waals surface area contributed by atoms with Crippen LogP contribution >= 0.6 is 7.82 Å². The maximum Gasteiger partial charge on any atom is 0.472 e. The molecule has 324 valence electrons. The fourth-order valence-electron chi connectivity index (χ4n) is 4.96. The number of hydrogen-bond acceptors (Lipinski definition) is 9. The molecule has 3 atom stereocenters. The number of aliphatic hydroxyl groups is 2. The number of unbranched alkanes of at least 4 members (excludes halogenated alkanes) is 8. The number of carbonyl (C=O) groups is 2. The zero-order valence-corrected chi connectivity index (χ0v) is 35.9. The van der Waals surface area contributed by atoms with Crippen molar-refractivity contribution in [1.29, 1.82) is 0 Å². The third-order valence-electron chi connectivity index (χ3n) is 8.22. The highest BCUT2D eigenvalue weighted by atomic mass is 31.2. The van der Waals surface area contributed by atoms with E-state index in [1.807, 2.05) is 0 Å². The van der Waals surface area contributed by atoms with Crippen LogP contribution in [0.3, 0.4) is 0 Å². The van der Waals surface area contributed by atoms with E-state index in [9.17, 15) is 24.2 Å². The van der Waals surface area contributed by atoms with E-state index in [-0.39, 0.29) is 19.4 Å². The third kappa shape index (κ3) is 40.9. The minimum atomic E-state index is -4.64. The molecule has 0 heterocycles. The Morgan fingerprint density at radius 3 is 1.46 bits per heavy atom. The summed E-state index contributed by atoms with van der Waals surface area (Å²) in [6.07, 6.45) is 49.5. The van der Waals surface area contributed by atoms with Crippen LogP contribution in [-0.2, 0) is 32.7 Å². The molecule has 10 nitrogen and oxygen atoms in total. The van der Waals surface area contributed by atoms with Gasteiger partial charge in [-0.2, -0.15) is 0 Å². The van der Waals surface area contributed by atoms with Crippen LogP contribution < -0.4 is 0 Å². The molecular formula is C46H75O10P. The monoisotopic (exact) mass is 819 g/mol. The van der Waals surface area contributed by atoms with Gasteiger partial charge >= 0.3 is 19.8 Å². The molecule has 0 amide bonds. The van der Waals surface area contributed by atoms with E-state index >= 15 is 0 Å². The van der Waals surface area contributed by atoms with E-state index in [0.29, 0.717) is 12.8 Å². The number of carbonyl (C=O) groups excluding carboxylic acids is 2. The van der Waals surface area contributed by atoms with Crippen molar-refractivity contribution in [3.05, 3.63) is 97.2 Å². The lowest BCUT2D eigenvalue weighted by molar-refractivity contribution is -0.161. The predicted molar refractivity (Wildman–Crippen MR) is 232 cm³/mol. The van der Waals surface area contributed by atoms with E-state index in [1.165, 1.54) is 25.7 Å². The lowest BCUT2D eigenvalue weighted by Gasteiger charge is -2.20. The molecule has 0 saturated carbocycles. The summed E-state index contributed by atoms with van der Waals surface area (Å²) in [4.78, 5) is 34.9. The van der Waals surface area contributed by atoms with Gasteiger partial charge in [0.15, 0.2) is 6.10 Å². The molecule has 0 bridgehead atoms. The second kappa shape index (κ2) is 41.1. The van der Waals surface area contributed by atoms with Gasteiger partial charge in [0.2, 0.25) is 0 Å². The van der Waals surface area contributed by atoms with Crippen LogP contribution in [0.15, 0.2) is 97.2 Å². The number of hydrogen-bond donors (Lipinski definition) is 3. The van der Waals surface area contributed by atoms with Crippen LogP contribution in [0.1, 0.15) is 142 Å². The van der Waals surface area contributed by atoms with Crippen molar-refractivity contribution in [2.24, 2.45) is 0 Å². The summed E-state index contributed by atoms with van der Waals surface area (Å²) in [5.74, 6) is -1.02. The van der Waals surface area contributed by atoms with Crippen LogP contribution in [0.2, 0.25) is 0 Å². The maximum absolute atomic E-state index is 12.6. The molecule has 0 saturated heterocycles. The van der Waals surface area contributed by atoms with Crippen LogP contribution in [0.4, 0.5) is 0 Å². The summed E-state index contributed by atoms with van der Waals surface area (Å²) >= 11 is 0. The van der Waals surface area contributed by atoms with Crippen LogP contribution in [0.25, 0.3) is 0 Å². The molecule has 3 N–H and O–H groups in total. The topological polar surface area (TPSA) is 149 Å². The Morgan fingerprint density at radius 1 is 0.544 bits per heavy atom. The predicted octanol–water partition coefficient (Wildman–Crippen LogP) is 11.2. The first-order valence-corrected chi connectivity index (χ1v) is 22.7. The van der Waals surface area contributed by atoms with Crippen molar-refractivity contribution in [2.45, 2.75) is 154 Å². The molecule has 11 heteroatoms. The van der Waals surface area contributed by atoms with Gasteiger partial charge in [-0.05, 0) is 96.3 Å². The number of phosphoric acid groups is 1. The van der Waals surface area contributed by atoms with Crippen molar-refractivity contribution >= 4 is 19.8 Å². The molecule has 0 aromatic carbocycles.